The molecule has 6 heteroatoms. The minimum atomic E-state index is -0.205. The molecule has 0 radical (unpaired) electrons. The minimum Gasteiger partial charge on any atom is -0.497 e. The number of methoxy groups -OCH3 is 3. The summed E-state index contributed by atoms with van der Waals surface area (Å²) in [4.78, 5) is 15.8. The van der Waals surface area contributed by atoms with Crippen LogP contribution in [0.4, 0.5) is 0 Å². The second-order valence-electron chi connectivity index (χ2n) is 8.77. The molecule has 0 saturated carbocycles. The Labute approximate surface area is 211 Å². The lowest BCUT2D eigenvalue weighted by molar-refractivity contribution is 0.101. The van der Waals surface area contributed by atoms with Crippen molar-refractivity contribution in [1.29, 1.82) is 0 Å². The van der Waals surface area contributed by atoms with Crippen LogP contribution >= 0.6 is 0 Å². The molecule has 2 heterocycles. The number of Topliss-reactive ketones (excluding diaryl/α,β-unsaturated/α-hetero) is 1. The number of allylic oxidation sites excluding steroid dienone is 1. The van der Waals surface area contributed by atoms with Gasteiger partial charge in [0.15, 0.2) is 11.5 Å². The largest absolute Gasteiger partial charge is 0.497 e. The summed E-state index contributed by atoms with van der Waals surface area (Å²) in [6.07, 6.45) is 4.77. The van der Waals surface area contributed by atoms with Crippen LogP contribution < -0.4 is 18.9 Å². The second-order valence-corrected chi connectivity index (χ2v) is 8.77. The molecule has 0 aromatic heterocycles. The average Bonchev–Trinajstić information content (AvgIpc) is 3.24. The normalized spacial score (nSPS) is 16.4. The van der Waals surface area contributed by atoms with Gasteiger partial charge in [0.1, 0.15) is 22.8 Å². The van der Waals surface area contributed by atoms with Crippen LogP contribution in [0.3, 0.4) is 0 Å². The molecule has 0 fully saturated rings. The van der Waals surface area contributed by atoms with E-state index in [4.69, 9.17) is 18.9 Å². The monoisotopic (exact) mass is 483 g/mol. The van der Waals surface area contributed by atoms with Gasteiger partial charge >= 0.3 is 0 Å². The molecule has 36 heavy (non-hydrogen) atoms. The molecular formula is C30H29NO5. The summed E-state index contributed by atoms with van der Waals surface area (Å²) in [5, 5.41) is 0. The van der Waals surface area contributed by atoms with Crippen molar-refractivity contribution in [3.8, 4) is 23.0 Å². The van der Waals surface area contributed by atoms with Crippen molar-refractivity contribution in [2.45, 2.75) is 13.0 Å². The molecule has 3 aromatic carbocycles. The Morgan fingerprint density at radius 3 is 2.28 bits per heavy atom. The molecule has 0 atom stereocenters. The highest BCUT2D eigenvalue weighted by atomic mass is 16.5. The zero-order valence-corrected chi connectivity index (χ0v) is 20.7. The predicted octanol–water partition coefficient (Wildman–Crippen LogP) is 5.62. The molecule has 0 saturated heterocycles. The fourth-order valence-electron chi connectivity index (χ4n) is 4.70. The molecule has 5 rings (SSSR count). The van der Waals surface area contributed by atoms with Crippen LogP contribution in [-0.2, 0) is 6.54 Å². The first kappa shape index (κ1) is 23.7. The number of rotatable bonds is 7. The van der Waals surface area contributed by atoms with Crippen molar-refractivity contribution in [2.75, 3.05) is 34.4 Å². The molecule has 0 N–H and O–H groups in total. The van der Waals surface area contributed by atoms with Crippen LogP contribution in [0, 0.1) is 0 Å². The highest BCUT2D eigenvalue weighted by Gasteiger charge is 2.36. The molecule has 0 unspecified atom stereocenters. The molecule has 0 aliphatic carbocycles. The van der Waals surface area contributed by atoms with E-state index in [0.717, 1.165) is 48.5 Å². The number of hydrogen-bond donors (Lipinski definition) is 0. The lowest BCUT2D eigenvalue weighted by Crippen LogP contribution is -2.28. The van der Waals surface area contributed by atoms with Crippen LogP contribution in [0.2, 0.25) is 0 Å². The Hall–Kier alpha value is -4.03. The lowest BCUT2D eigenvalue weighted by atomic mass is 9.94. The zero-order chi connectivity index (χ0) is 25.1. The second kappa shape index (κ2) is 10.3. The van der Waals surface area contributed by atoms with E-state index in [2.05, 4.69) is 35.2 Å². The van der Waals surface area contributed by atoms with Gasteiger partial charge in [0.25, 0.3) is 0 Å². The summed E-state index contributed by atoms with van der Waals surface area (Å²) in [6, 6.07) is 19.7. The van der Waals surface area contributed by atoms with Crippen LogP contribution in [0.25, 0.3) is 11.6 Å². The Kier molecular flexibility index (Phi) is 6.78. The van der Waals surface area contributed by atoms with Gasteiger partial charge in [-0.1, -0.05) is 48.5 Å². The van der Waals surface area contributed by atoms with Gasteiger partial charge in [-0.2, -0.15) is 0 Å². The van der Waals surface area contributed by atoms with E-state index in [1.807, 2.05) is 30.3 Å². The summed E-state index contributed by atoms with van der Waals surface area (Å²) < 4.78 is 22.8. The third-order valence-electron chi connectivity index (χ3n) is 6.59. The van der Waals surface area contributed by atoms with E-state index in [1.54, 1.807) is 33.5 Å². The van der Waals surface area contributed by atoms with E-state index >= 15 is 0 Å². The van der Waals surface area contributed by atoms with Crippen molar-refractivity contribution in [2.24, 2.45) is 0 Å². The Morgan fingerprint density at radius 2 is 1.64 bits per heavy atom. The van der Waals surface area contributed by atoms with Gasteiger partial charge in [-0.25, -0.2) is 0 Å². The van der Waals surface area contributed by atoms with E-state index < -0.39 is 0 Å². The molecule has 2 aliphatic rings. The summed E-state index contributed by atoms with van der Waals surface area (Å²) in [6.45, 7) is 2.59. The zero-order valence-electron chi connectivity index (χ0n) is 20.7. The molecular weight excluding hydrogens is 454 g/mol. The number of carbonyl (C=O) groups is 1. The summed E-state index contributed by atoms with van der Waals surface area (Å²) in [7, 11) is 4.80. The predicted molar refractivity (Wildman–Crippen MR) is 140 cm³/mol. The average molecular weight is 484 g/mol. The van der Waals surface area contributed by atoms with Gasteiger partial charge in [-0.05, 0) is 41.3 Å². The van der Waals surface area contributed by atoms with Gasteiger partial charge in [-0.15, -0.1) is 0 Å². The van der Waals surface area contributed by atoms with Gasteiger partial charge < -0.3 is 18.9 Å². The van der Waals surface area contributed by atoms with Crippen molar-refractivity contribution in [3.63, 3.8) is 0 Å². The Balaban J connectivity index is 1.48. The topological polar surface area (TPSA) is 57.2 Å². The maximum atomic E-state index is 13.4. The van der Waals surface area contributed by atoms with E-state index in [0.29, 0.717) is 22.8 Å². The number of benzene rings is 3. The smallest absolute Gasteiger partial charge is 0.235 e. The minimum absolute atomic E-state index is 0.205. The first-order valence-corrected chi connectivity index (χ1v) is 11.9. The number of carbonyl (C=O) groups excluding carboxylic acids is 1. The Morgan fingerprint density at radius 1 is 0.917 bits per heavy atom. The number of ether oxygens (including phenoxy) is 4. The van der Waals surface area contributed by atoms with E-state index in [1.165, 1.54) is 5.56 Å². The highest BCUT2D eigenvalue weighted by Crippen LogP contribution is 2.49. The van der Waals surface area contributed by atoms with Gasteiger partial charge in [0, 0.05) is 25.7 Å². The third-order valence-corrected chi connectivity index (χ3v) is 6.59. The fraction of sp³-hybridized carbons (Fsp3) is 0.233. The van der Waals surface area contributed by atoms with Gasteiger partial charge in [-0.3, -0.25) is 9.69 Å². The molecule has 2 aliphatic heterocycles. The maximum Gasteiger partial charge on any atom is 0.235 e. The SMILES string of the molecule is COc1ccc(/C=C2\Oc3c(c(OC)cc(OC)c3C3=CCN(Cc4ccccc4)CC3)C2=O)cc1. The molecule has 0 spiro atoms. The summed E-state index contributed by atoms with van der Waals surface area (Å²) in [5.41, 5.74) is 4.49. The fourth-order valence-corrected chi connectivity index (χ4v) is 4.70. The first-order chi connectivity index (χ1) is 17.6. The molecule has 6 nitrogen and oxygen atoms in total. The van der Waals surface area contributed by atoms with Crippen LogP contribution in [0.15, 0.2) is 72.5 Å². The van der Waals surface area contributed by atoms with Crippen molar-refractivity contribution >= 4 is 17.4 Å². The van der Waals surface area contributed by atoms with Crippen molar-refractivity contribution in [3.05, 3.63) is 94.8 Å². The van der Waals surface area contributed by atoms with Crippen LogP contribution in [0.5, 0.6) is 23.0 Å². The van der Waals surface area contributed by atoms with Gasteiger partial charge in [0.05, 0.1) is 26.9 Å². The van der Waals surface area contributed by atoms with Crippen LogP contribution in [0.1, 0.15) is 33.5 Å². The summed E-state index contributed by atoms with van der Waals surface area (Å²) >= 11 is 0. The molecule has 184 valence electrons. The maximum absolute atomic E-state index is 13.4. The highest BCUT2D eigenvalue weighted by molar-refractivity contribution is 6.17. The van der Waals surface area contributed by atoms with E-state index in [-0.39, 0.29) is 11.5 Å². The number of fused-ring (bicyclic) bond motifs is 1. The van der Waals surface area contributed by atoms with E-state index in [9.17, 15) is 4.79 Å². The Bertz CT molecular complexity index is 1330. The van der Waals surface area contributed by atoms with Crippen LogP contribution in [-0.4, -0.2) is 45.1 Å². The number of nitrogens with zero attached hydrogens (tertiary/aromatic N) is 1. The molecule has 0 amide bonds. The third kappa shape index (κ3) is 4.60. The van der Waals surface area contributed by atoms with Crippen molar-refractivity contribution < 1.29 is 23.7 Å². The number of ketones is 1. The molecule has 0 bridgehead atoms. The first-order valence-electron chi connectivity index (χ1n) is 11.9. The molecule has 3 aromatic rings. The standard InChI is InChI=1S/C30H29NO5/c1-33-23-11-9-20(10-12-23)17-26-29(32)28-25(35-3)18-24(34-2)27(30(28)36-26)22-13-15-31(16-14-22)19-21-7-5-4-6-8-21/h4-13,17-18H,14-16,19H2,1-3H3/b26-17-. The summed E-state index contributed by atoms with van der Waals surface area (Å²) in [5.74, 6) is 2.37. The lowest BCUT2D eigenvalue weighted by Gasteiger charge is -2.27. The van der Waals surface area contributed by atoms with Gasteiger partial charge in [0.2, 0.25) is 5.78 Å². The van der Waals surface area contributed by atoms with Crippen molar-refractivity contribution in [1.82, 2.24) is 4.90 Å². The number of hydrogen-bond acceptors (Lipinski definition) is 6. The quantitative estimate of drug-likeness (QED) is 0.407.